The lowest BCUT2D eigenvalue weighted by Gasteiger charge is -2.23. The monoisotopic (exact) mass is 291 g/mol. The second kappa shape index (κ2) is 7.78. The number of rotatable bonds is 8. The summed E-state index contributed by atoms with van der Waals surface area (Å²) in [6, 6.07) is 7.21. The predicted octanol–water partition coefficient (Wildman–Crippen LogP) is 1.81. The molecule has 0 radical (unpaired) electrons. The maximum Gasteiger partial charge on any atom is 0.224 e. The van der Waals surface area contributed by atoms with Crippen LogP contribution in [0.4, 0.5) is 5.69 Å². The molecule has 0 unspecified atom stereocenters. The second-order valence-electron chi connectivity index (χ2n) is 6.05. The Labute approximate surface area is 126 Å². The molecule has 0 aliphatic carbocycles. The minimum absolute atomic E-state index is 0.0544. The van der Waals surface area contributed by atoms with E-state index in [9.17, 15) is 9.59 Å². The molecule has 5 N–H and O–H groups in total. The number of carbonyl (C=O) groups is 2. The van der Waals surface area contributed by atoms with Gasteiger partial charge in [0.25, 0.3) is 0 Å². The predicted molar refractivity (Wildman–Crippen MR) is 84.7 cm³/mol. The van der Waals surface area contributed by atoms with Crippen molar-refractivity contribution in [2.24, 2.45) is 16.9 Å². The van der Waals surface area contributed by atoms with Gasteiger partial charge in [0.1, 0.15) is 0 Å². The van der Waals surface area contributed by atoms with E-state index in [-0.39, 0.29) is 17.7 Å². The van der Waals surface area contributed by atoms with Crippen LogP contribution in [0.2, 0.25) is 0 Å². The molecule has 1 rings (SSSR count). The average molecular weight is 291 g/mol. The number of para-hydroxylation sites is 1. The molecule has 1 aromatic carbocycles. The largest absolute Gasteiger partial charge is 0.369 e. The van der Waals surface area contributed by atoms with E-state index >= 15 is 0 Å². The van der Waals surface area contributed by atoms with Crippen LogP contribution in [0.15, 0.2) is 24.3 Å². The van der Waals surface area contributed by atoms with Crippen molar-refractivity contribution in [2.75, 3.05) is 11.9 Å². The number of nitrogens with one attached hydrogen (secondary N) is 1. The van der Waals surface area contributed by atoms with Gasteiger partial charge in [-0.05, 0) is 36.4 Å². The Bertz CT molecular complexity index is 498. The fraction of sp³-hybridized carbons (Fsp3) is 0.500. The number of hydrogen-bond donors (Lipinski definition) is 3. The maximum absolute atomic E-state index is 12.0. The van der Waals surface area contributed by atoms with Gasteiger partial charge in [-0.15, -0.1) is 0 Å². The summed E-state index contributed by atoms with van der Waals surface area (Å²) in [4.78, 5) is 23.1. The molecule has 0 saturated heterocycles. The molecule has 0 spiro atoms. The van der Waals surface area contributed by atoms with Crippen LogP contribution in [-0.2, 0) is 16.0 Å². The molecule has 0 bridgehead atoms. The quantitative estimate of drug-likeness (QED) is 0.681. The molecule has 21 heavy (non-hydrogen) atoms. The molecule has 0 fully saturated rings. The number of nitrogens with two attached hydrogens (primary N) is 2. The Balaban J connectivity index is 2.61. The first-order valence-corrected chi connectivity index (χ1v) is 7.20. The molecule has 0 aliphatic rings. The molecule has 5 nitrogen and oxygen atoms in total. The van der Waals surface area contributed by atoms with Crippen LogP contribution in [0.25, 0.3) is 0 Å². The van der Waals surface area contributed by atoms with Gasteiger partial charge in [0.05, 0.1) is 6.42 Å². The van der Waals surface area contributed by atoms with Crippen molar-refractivity contribution in [1.82, 2.24) is 0 Å². The van der Waals surface area contributed by atoms with Gasteiger partial charge >= 0.3 is 0 Å². The second-order valence-corrected chi connectivity index (χ2v) is 6.05. The van der Waals surface area contributed by atoms with Gasteiger partial charge in [-0.25, -0.2) is 0 Å². The van der Waals surface area contributed by atoms with Gasteiger partial charge in [0, 0.05) is 12.1 Å². The number of benzene rings is 1. The molecular weight excluding hydrogens is 266 g/mol. The fourth-order valence-electron chi connectivity index (χ4n) is 2.16. The van der Waals surface area contributed by atoms with Crippen molar-refractivity contribution in [3.8, 4) is 0 Å². The zero-order valence-electron chi connectivity index (χ0n) is 12.8. The van der Waals surface area contributed by atoms with Crippen LogP contribution in [0, 0.1) is 5.41 Å². The minimum atomic E-state index is -0.416. The Morgan fingerprint density at radius 1 is 1.19 bits per heavy atom. The smallest absolute Gasteiger partial charge is 0.224 e. The lowest BCUT2D eigenvalue weighted by atomic mass is 9.84. The Hall–Kier alpha value is -1.88. The van der Waals surface area contributed by atoms with Gasteiger partial charge in [-0.2, -0.15) is 0 Å². The summed E-state index contributed by atoms with van der Waals surface area (Å²) in [5, 5.41) is 2.85. The Morgan fingerprint density at radius 3 is 2.48 bits per heavy atom. The standard InChI is InChI=1S/C16H25N3O2/c1-16(2,9-10-17)8-7-15(21)19-13-6-4-3-5-12(13)11-14(18)20/h3-6H,7-11,17H2,1-2H3,(H2,18,20)(H,19,21). The topological polar surface area (TPSA) is 98.2 Å². The van der Waals surface area contributed by atoms with Crippen molar-refractivity contribution < 1.29 is 9.59 Å². The summed E-state index contributed by atoms with van der Waals surface area (Å²) in [5.74, 6) is -0.474. The summed E-state index contributed by atoms with van der Waals surface area (Å²) in [6.07, 6.45) is 2.21. The fourth-order valence-corrected chi connectivity index (χ4v) is 2.16. The maximum atomic E-state index is 12.0. The highest BCUT2D eigenvalue weighted by molar-refractivity contribution is 5.92. The summed E-state index contributed by atoms with van der Waals surface area (Å²) in [5.41, 5.74) is 12.2. The van der Waals surface area contributed by atoms with Gasteiger partial charge in [-0.1, -0.05) is 32.0 Å². The molecule has 116 valence electrons. The van der Waals surface area contributed by atoms with Crippen LogP contribution in [0.5, 0.6) is 0 Å². The summed E-state index contributed by atoms with van der Waals surface area (Å²) in [7, 11) is 0. The zero-order chi connectivity index (χ0) is 15.9. The van der Waals surface area contributed by atoms with Gasteiger partial charge < -0.3 is 16.8 Å². The molecule has 0 saturated carbocycles. The van der Waals surface area contributed by atoms with Gasteiger partial charge in [0.2, 0.25) is 11.8 Å². The first-order valence-electron chi connectivity index (χ1n) is 7.20. The van der Waals surface area contributed by atoms with E-state index in [1.165, 1.54) is 0 Å². The van der Waals surface area contributed by atoms with Crippen molar-refractivity contribution in [1.29, 1.82) is 0 Å². The Kier molecular flexibility index (Phi) is 6.37. The average Bonchev–Trinajstić information content (AvgIpc) is 2.38. The van der Waals surface area contributed by atoms with Crippen molar-refractivity contribution in [3.05, 3.63) is 29.8 Å². The Morgan fingerprint density at radius 2 is 1.86 bits per heavy atom. The van der Waals surface area contributed by atoms with Crippen molar-refractivity contribution in [3.63, 3.8) is 0 Å². The first kappa shape index (κ1) is 17.2. The van der Waals surface area contributed by atoms with E-state index in [4.69, 9.17) is 11.5 Å². The summed E-state index contributed by atoms with van der Waals surface area (Å²) >= 11 is 0. The van der Waals surface area contributed by atoms with Crippen LogP contribution in [0.3, 0.4) is 0 Å². The molecule has 0 atom stereocenters. The van der Waals surface area contributed by atoms with E-state index in [0.29, 0.717) is 18.7 Å². The number of amides is 2. The normalized spacial score (nSPS) is 11.2. The number of anilines is 1. The third-order valence-corrected chi connectivity index (χ3v) is 3.51. The molecule has 0 heterocycles. The van der Waals surface area contributed by atoms with Crippen molar-refractivity contribution in [2.45, 2.75) is 39.5 Å². The van der Waals surface area contributed by atoms with Crippen LogP contribution in [-0.4, -0.2) is 18.4 Å². The molecule has 1 aromatic rings. The van der Waals surface area contributed by atoms with Crippen molar-refractivity contribution >= 4 is 17.5 Å². The van der Waals surface area contributed by atoms with E-state index in [2.05, 4.69) is 19.2 Å². The number of hydrogen-bond acceptors (Lipinski definition) is 3. The van der Waals surface area contributed by atoms with Crippen LogP contribution in [0.1, 0.15) is 38.7 Å². The highest BCUT2D eigenvalue weighted by Gasteiger charge is 2.18. The lowest BCUT2D eigenvalue weighted by Crippen LogP contribution is -2.21. The summed E-state index contributed by atoms with van der Waals surface area (Å²) < 4.78 is 0. The number of carbonyl (C=O) groups excluding carboxylic acids is 2. The molecule has 0 aliphatic heterocycles. The van der Waals surface area contributed by atoms with E-state index in [1.54, 1.807) is 12.1 Å². The number of primary amides is 1. The van der Waals surface area contributed by atoms with E-state index in [0.717, 1.165) is 18.4 Å². The lowest BCUT2D eigenvalue weighted by molar-refractivity contribution is -0.118. The first-order chi connectivity index (χ1) is 9.84. The SMILES string of the molecule is CC(C)(CCN)CCC(=O)Nc1ccccc1CC(N)=O. The zero-order valence-corrected chi connectivity index (χ0v) is 12.8. The molecule has 0 aromatic heterocycles. The van der Waals surface area contributed by atoms with E-state index in [1.807, 2.05) is 12.1 Å². The van der Waals surface area contributed by atoms with Crippen LogP contribution >= 0.6 is 0 Å². The highest BCUT2D eigenvalue weighted by atomic mass is 16.2. The minimum Gasteiger partial charge on any atom is -0.369 e. The third kappa shape index (κ3) is 6.40. The van der Waals surface area contributed by atoms with Gasteiger partial charge in [0.15, 0.2) is 0 Å². The summed E-state index contributed by atoms with van der Waals surface area (Å²) in [6.45, 7) is 4.83. The van der Waals surface area contributed by atoms with Gasteiger partial charge in [-0.3, -0.25) is 9.59 Å². The van der Waals surface area contributed by atoms with Crippen LogP contribution < -0.4 is 16.8 Å². The molecule has 2 amide bonds. The highest BCUT2D eigenvalue weighted by Crippen LogP contribution is 2.26. The van der Waals surface area contributed by atoms with E-state index < -0.39 is 5.91 Å². The third-order valence-electron chi connectivity index (χ3n) is 3.51. The molecule has 5 heteroatoms. The molecular formula is C16H25N3O2.